The molecule has 4 heteroatoms. The zero-order chi connectivity index (χ0) is 58.9. The van der Waals surface area contributed by atoms with Crippen molar-refractivity contribution in [1.29, 1.82) is 0 Å². The maximum Gasteiger partial charge on any atom is 0.0707 e. The highest BCUT2D eigenvalue weighted by molar-refractivity contribution is 6.08. The van der Waals surface area contributed by atoms with Gasteiger partial charge in [-0.05, 0) is 143 Å². The van der Waals surface area contributed by atoms with Gasteiger partial charge in [-0.3, -0.25) is 0 Å². The third-order valence-corrected chi connectivity index (χ3v) is 13.9. The Bertz CT molecular complexity index is 3590. The molecule has 1 aromatic heterocycles. The van der Waals surface area contributed by atoms with E-state index < -0.39 is 0 Å². The van der Waals surface area contributed by atoms with Gasteiger partial charge in [-0.1, -0.05) is 258 Å². The minimum atomic E-state index is -0.249. The molecule has 4 nitrogen and oxygen atoms in total. The number of nitrogens with one attached hydrogen (secondary N) is 1. The van der Waals surface area contributed by atoms with Gasteiger partial charge in [0.2, 0.25) is 0 Å². The highest BCUT2D eigenvalue weighted by atomic mass is 15.1. The van der Waals surface area contributed by atoms with Crippen molar-refractivity contribution in [2.45, 2.75) is 113 Å². The van der Waals surface area contributed by atoms with E-state index >= 15 is 0 Å². The van der Waals surface area contributed by atoms with E-state index in [0.29, 0.717) is 0 Å². The second kappa shape index (κ2) is 31.9. The fourth-order valence-electron chi connectivity index (χ4n) is 10.1. The monoisotopic (exact) mass is 1070 g/mol. The van der Waals surface area contributed by atoms with Gasteiger partial charge < -0.3 is 20.5 Å². The topological polar surface area (TPSA) is 46.2 Å². The molecule has 10 rings (SSSR count). The standard InChI is InChI=1S/C57H50N4.C8H12.C5H8.C3H8.2C2H6/c1-38-17-15-16-32-60(37-55-48(33-39(38)2)56-45-23-12-11-20-41(45)27-31-54(56)61(55)43-21-9-6-10-22-43)44-28-30-47-46-29-26-42(35-49(46)57(3,4)50(47)36-44)53(34-40-18-7-5-8-19-40)59-52-25-14-13-24-51(52)58;1-4-6-8(3)7-5-2;1-3-5-4-2;1-3-2;2*1-2/h5-12,15-33,35-37,53,59H,1-2,13-14,34,58H2,3-4H3;4-7H,3H2,1-2H3;3-5H,1H2,2H3;3H2,1-2H3;2*1-2H3/b17-15-,32-16-,48-33+,55-37+;6-4-,7-5-;5-4-;;;. The van der Waals surface area contributed by atoms with E-state index in [4.69, 9.17) is 5.73 Å². The van der Waals surface area contributed by atoms with Crippen molar-refractivity contribution in [2.75, 3.05) is 4.90 Å². The van der Waals surface area contributed by atoms with Gasteiger partial charge in [0.25, 0.3) is 0 Å². The number of allylic oxidation sites excluding steroid dienone is 15. The van der Waals surface area contributed by atoms with Crippen LogP contribution in [0.25, 0.3) is 50.8 Å². The first-order valence-corrected chi connectivity index (χ1v) is 29.1. The van der Waals surface area contributed by atoms with Gasteiger partial charge in [0.05, 0.1) is 28.3 Å². The van der Waals surface area contributed by atoms with Gasteiger partial charge in [0, 0.05) is 39.8 Å². The number of benzene rings is 6. The number of anilines is 1. The summed E-state index contributed by atoms with van der Waals surface area (Å²) in [5, 5.41) is 9.63. The van der Waals surface area contributed by atoms with Crippen molar-refractivity contribution in [3.63, 3.8) is 0 Å². The lowest BCUT2D eigenvalue weighted by molar-refractivity contribution is 0.588. The van der Waals surface area contributed by atoms with E-state index in [-0.39, 0.29) is 11.5 Å². The molecule has 3 aliphatic rings. The average Bonchev–Trinajstić information content (AvgIpc) is 4.15. The molecule has 2 aliphatic carbocycles. The molecule has 2 heterocycles. The summed E-state index contributed by atoms with van der Waals surface area (Å²) in [7, 11) is 0. The average molecular weight is 1070 g/mol. The Morgan fingerprint density at radius 1 is 0.704 bits per heavy atom. The van der Waals surface area contributed by atoms with Crippen LogP contribution < -0.4 is 26.5 Å². The van der Waals surface area contributed by atoms with Crippen LogP contribution in [0.5, 0.6) is 0 Å². The van der Waals surface area contributed by atoms with Crippen molar-refractivity contribution < 1.29 is 0 Å². The molecule has 0 spiro atoms. The fourth-order valence-corrected chi connectivity index (χ4v) is 10.1. The Morgan fingerprint density at radius 3 is 1.95 bits per heavy atom. The number of nitrogens with two attached hydrogens (primary N) is 1. The molecule has 0 radical (unpaired) electrons. The van der Waals surface area contributed by atoms with E-state index in [1.165, 1.54) is 56.0 Å². The number of para-hydroxylation sites is 1. The minimum absolute atomic E-state index is 0.0525. The van der Waals surface area contributed by atoms with Gasteiger partial charge in [-0.15, -0.1) is 0 Å². The normalized spacial score (nSPS) is 15.8. The van der Waals surface area contributed by atoms with Crippen molar-refractivity contribution in [3.05, 3.63) is 300 Å². The molecule has 1 atom stereocenters. The maximum absolute atomic E-state index is 6.53. The summed E-state index contributed by atoms with van der Waals surface area (Å²) < 4.78 is 2.39. The van der Waals surface area contributed by atoms with Crippen LogP contribution >= 0.6 is 0 Å². The molecule has 81 heavy (non-hydrogen) atoms. The van der Waals surface area contributed by atoms with E-state index in [1.807, 2.05) is 91.0 Å². The number of rotatable bonds is 10. The molecule has 3 N–H and O–H groups in total. The molecule has 418 valence electrons. The third-order valence-electron chi connectivity index (χ3n) is 13.9. The smallest absolute Gasteiger partial charge is 0.0707 e. The second-order valence-corrected chi connectivity index (χ2v) is 20.0. The van der Waals surface area contributed by atoms with Crippen LogP contribution in [0, 0.1) is 0 Å². The highest BCUT2D eigenvalue weighted by Crippen LogP contribution is 2.50. The third kappa shape index (κ3) is 15.8. The fraction of sp³-hybridized carbons (Fsp3) is 0.221. The number of hydrogen-bond donors (Lipinski definition) is 2. The second-order valence-electron chi connectivity index (χ2n) is 20.0. The van der Waals surface area contributed by atoms with Crippen molar-refractivity contribution in [2.24, 2.45) is 5.73 Å². The summed E-state index contributed by atoms with van der Waals surface area (Å²) in [4.78, 5) is 2.27. The summed E-state index contributed by atoms with van der Waals surface area (Å²) in [6, 6.07) is 48.7. The summed E-state index contributed by atoms with van der Waals surface area (Å²) in [5.74, 6) is 0. The SMILES string of the molecule is C=C(/C=C\C)/C=C\C.C=C/C=C\C.C=C1/C=C\C=C/N(c2ccc3c(c2)C(C)(C)c2cc(C(Cc4ccccc4)NC4=CCCC=C4N)ccc2-3)/C=c2\c(c3c4ccccc4ccc3n2-c2ccccc2)=C/C1=C.CC.CC.CCC. The van der Waals surface area contributed by atoms with Gasteiger partial charge in [-0.25, -0.2) is 0 Å². The minimum Gasteiger partial charge on any atom is -0.397 e. The van der Waals surface area contributed by atoms with Gasteiger partial charge in [0.1, 0.15) is 0 Å². The first kappa shape index (κ1) is 63.2. The van der Waals surface area contributed by atoms with E-state index in [0.717, 1.165) is 74.8 Å². The zero-order valence-corrected chi connectivity index (χ0v) is 50.6. The van der Waals surface area contributed by atoms with Crippen molar-refractivity contribution in [3.8, 4) is 16.8 Å². The van der Waals surface area contributed by atoms with Gasteiger partial charge in [0.15, 0.2) is 0 Å². The molecule has 0 bridgehead atoms. The molecule has 0 saturated carbocycles. The summed E-state index contributed by atoms with van der Waals surface area (Å²) >= 11 is 0. The van der Waals surface area contributed by atoms with Gasteiger partial charge in [-0.2, -0.15) is 0 Å². The first-order valence-electron chi connectivity index (χ1n) is 29.1. The molecular weight excluding hydrogens is 981 g/mol. The van der Waals surface area contributed by atoms with E-state index in [9.17, 15) is 0 Å². The molecule has 0 amide bonds. The molecular formula is C77H90N4. The van der Waals surface area contributed by atoms with E-state index in [1.54, 1.807) is 6.08 Å². The summed E-state index contributed by atoms with van der Waals surface area (Å²) in [5.41, 5.74) is 22.0. The van der Waals surface area contributed by atoms with Crippen LogP contribution in [0.3, 0.4) is 0 Å². The molecule has 1 aliphatic heterocycles. The number of hydrogen-bond acceptors (Lipinski definition) is 3. The Hall–Kier alpha value is -8.60. The lowest BCUT2D eigenvalue weighted by atomic mass is 9.81. The summed E-state index contributed by atoms with van der Waals surface area (Å²) in [6.07, 6.45) is 34.8. The van der Waals surface area contributed by atoms with Crippen LogP contribution in [-0.4, -0.2) is 4.57 Å². The Balaban J connectivity index is 0.000000524. The van der Waals surface area contributed by atoms with E-state index in [2.05, 4.69) is 245 Å². The zero-order valence-electron chi connectivity index (χ0n) is 50.6. The maximum atomic E-state index is 6.53. The molecule has 7 aromatic rings. The Morgan fingerprint density at radius 2 is 1.32 bits per heavy atom. The Labute approximate surface area is 487 Å². The van der Waals surface area contributed by atoms with Crippen LogP contribution in [0.2, 0.25) is 0 Å². The van der Waals surface area contributed by atoms with Crippen LogP contribution in [-0.2, 0) is 11.8 Å². The number of aromatic nitrogens is 1. The lowest BCUT2D eigenvalue weighted by Gasteiger charge is -2.27. The van der Waals surface area contributed by atoms with Crippen LogP contribution in [0.4, 0.5) is 5.69 Å². The quantitative estimate of drug-likeness (QED) is 0.134. The molecule has 0 fully saturated rings. The highest BCUT2D eigenvalue weighted by Gasteiger charge is 2.36. The van der Waals surface area contributed by atoms with Crippen LogP contribution in [0.1, 0.15) is 124 Å². The largest absolute Gasteiger partial charge is 0.397 e. The molecule has 6 aromatic carbocycles. The number of fused-ring (bicyclic) bond motifs is 8. The van der Waals surface area contributed by atoms with Gasteiger partial charge >= 0.3 is 0 Å². The Kier molecular flexibility index (Phi) is 24.9. The van der Waals surface area contributed by atoms with Crippen LogP contribution in [0.15, 0.2) is 267 Å². The predicted molar refractivity (Wildman–Crippen MR) is 360 cm³/mol. The molecule has 0 saturated heterocycles. The number of nitrogens with zero attached hydrogens (tertiary/aromatic N) is 2. The van der Waals surface area contributed by atoms with Crippen molar-refractivity contribution >= 4 is 39.6 Å². The predicted octanol–water partition coefficient (Wildman–Crippen LogP) is 19.6. The summed E-state index contributed by atoms with van der Waals surface area (Å²) in [6.45, 7) is 39.0. The first-order chi connectivity index (χ1) is 39.4. The molecule has 1 unspecified atom stereocenters. The lowest BCUT2D eigenvalue weighted by Crippen LogP contribution is -2.32. The van der Waals surface area contributed by atoms with Crippen molar-refractivity contribution in [1.82, 2.24) is 9.88 Å².